The Bertz CT molecular complexity index is 1050. The van der Waals surface area contributed by atoms with Crippen molar-refractivity contribution in [1.82, 2.24) is 15.2 Å². The molecule has 3 heterocycles. The third-order valence-electron chi connectivity index (χ3n) is 6.03. The number of ether oxygens (including phenoxy) is 1. The molecule has 1 atom stereocenters. The van der Waals surface area contributed by atoms with Gasteiger partial charge in [0.25, 0.3) is 0 Å². The summed E-state index contributed by atoms with van der Waals surface area (Å²) in [6, 6.07) is 16.4. The van der Waals surface area contributed by atoms with Gasteiger partial charge in [0, 0.05) is 68.0 Å². The fourth-order valence-electron chi connectivity index (χ4n) is 4.35. The van der Waals surface area contributed by atoms with E-state index in [0.717, 1.165) is 38.2 Å². The molecule has 2 aliphatic rings. The number of carbonyl (C=O) groups is 1. The highest BCUT2D eigenvalue weighted by molar-refractivity contribution is 5.96. The summed E-state index contributed by atoms with van der Waals surface area (Å²) < 4.78 is 8.03. The average molecular weight is 389 g/mol. The van der Waals surface area contributed by atoms with Crippen molar-refractivity contribution >= 4 is 16.8 Å². The highest BCUT2D eigenvalue weighted by Gasteiger charge is 2.24. The second-order valence-electron chi connectivity index (χ2n) is 8.14. The van der Waals surface area contributed by atoms with Crippen molar-refractivity contribution in [2.24, 2.45) is 0 Å². The Kier molecular flexibility index (Phi) is 4.86. The lowest BCUT2D eigenvalue weighted by Gasteiger charge is -2.24. The van der Waals surface area contributed by atoms with Crippen LogP contribution in [0.1, 0.15) is 43.0 Å². The van der Waals surface area contributed by atoms with Crippen LogP contribution in [0.15, 0.2) is 48.7 Å². The topological polar surface area (TPSA) is 65.2 Å². The van der Waals surface area contributed by atoms with Crippen LogP contribution in [0.5, 0.6) is 0 Å². The fraction of sp³-hybridized carbons (Fsp3) is 0.375. The molecule has 1 unspecified atom stereocenters. The zero-order valence-corrected chi connectivity index (χ0v) is 16.8. The Balaban J connectivity index is 1.59. The second kappa shape index (κ2) is 7.65. The quantitative estimate of drug-likeness (QED) is 0.650. The van der Waals surface area contributed by atoms with E-state index in [2.05, 4.69) is 63.9 Å². The molecule has 2 saturated heterocycles. The minimum absolute atomic E-state index is 0.00361. The summed E-state index contributed by atoms with van der Waals surface area (Å²) in [7, 11) is 0. The number of fused-ring (bicyclic) bond motifs is 1. The summed E-state index contributed by atoms with van der Waals surface area (Å²) in [5.74, 6) is -0.00361. The molecule has 5 rings (SSSR count). The molecule has 3 aromatic rings. The summed E-state index contributed by atoms with van der Waals surface area (Å²) in [6.07, 6.45) is 4.39. The van der Waals surface area contributed by atoms with Gasteiger partial charge in [-0.05, 0) is 41.7 Å². The molecular formula is C24H27N3O2. The van der Waals surface area contributed by atoms with Crippen molar-refractivity contribution in [2.45, 2.75) is 38.4 Å². The van der Waals surface area contributed by atoms with E-state index in [4.69, 9.17) is 4.74 Å². The maximum absolute atomic E-state index is 11.3. The van der Waals surface area contributed by atoms with Gasteiger partial charge >= 0.3 is 0 Å². The number of hydrogen-bond donors (Lipinski definition) is 2. The molecule has 2 aliphatic heterocycles. The van der Waals surface area contributed by atoms with Gasteiger partial charge in [-0.15, -0.1) is 0 Å². The van der Waals surface area contributed by atoms with Crippen LogP contribution >= 0.6 is 0 Å². The molecule has 5 nitrogen and oxygen atoms in total. The molecule has 2 fully saturated rings. The van der Waals surface area contributed by atoms with Gasteiger partial charge in [-0.3, -0.25) is 4.79 Å². The number of aromatic nitrogens is 1. The number of rotatable bonds is 5. The van der Waals surface area contributed by atoms with Crippen molar-refractivity contribution in [1.29, 1.82) is 0 Å². The zero-order chi connectivity index (χ0) is 19.8. The van der Waals surface area contributed by atoms with E-state index >= 15 is 0 Å². The average Bonchev–Trinajstić information content (AvgIpc) is 3.54. The molecule has 2 aromatic carbocycles. The van der Waals surface area contributed by atoms with Gasteiger partial charge in [0.05, 0.1) is 0 Å². The molecule has 5 heteroatoms. The Morgan fingerprint density at radius 1 is 1.21 bits per heavy atom. The number of hydrogen-bond acceptors (Lipinski definition) is 3. The number of benzene rings is 2. The molecule has 0 saturated carbocycles. The normalized spacial score (nSPS) is 19.4. The summed E-state index contributed by atoms with van der Waals surface area (Å²) in [5, 5.41) is 7.58. The van der Waals surface area contributed by atoms with Gasteiger partial charge in [0.15, 0.2) is 0 Å². The highest BCUT2D eigenvalue weighted by Crippen LogP contribution is 2.37. The monoisotopic (exact) mass is 389 g/mol. The largest absolute Gasteiger partial charge is 0.381 e. The molecule has 29 heavy (non-hydrogen) atoms. The van der Waals surface area contributed by atoms with E-state index in [1.807, 2.05) is 0 Å². The first-order valence-electron chi connectivity index (χ1n) is 10.5. The van der Waals surface area contributed by atoms with Crippen LogP contribution in [0.4, 0.5) is 0 Å². The molecule has 0 spiro atoms. The van der Waals surface area contributed by atoms with Gasteiger partial charge in [0.1, 0.15) is 0 Å². The van der Waals surface area contributed by atoms with E-state index < -0.39 is 0 Å². The van der Waals surface area contributed by atoms with Crippen LogP contribution in [0.3, 0.4) is 0 Å². The minimum atomic E-state index is -0.00361. The van der Waals surface area contributed by atoms with Gasteiger partial charge in [0.2, 0.25) is 5.91 Å². The zero-order valence-electron chi connectivity index (χ0n) is 16.8. The van der Waals surface area contributed by atoms with Gasteiger partial charge in [-0.25, -0.2) is 0 Å². The maximum atomic E-state index is 11.3. The number of nitrogens with zero attached hydrogens (tertiary/aromatic N) is 1. The number of amides is 1. The first-order valence-corrected chi connectivity index (χ1v) is 10.5. The van der Waals surface area contributed by atoms with Crippen LogP contribution in [0.2, 0.25) is 0 Å². The third-order valence-corrected chi connectivity index (χ3v) is 6.03. The van der Waals surface area contributed by atoms with Crippen LogP contribution in [0, 0.1) is 0 Å². The molecule has 0 aliphatic carbocycles. The summed E-state index contributed by atoms with van der Waals surface area (Å²) in [6.45, 7) is 4.81. The van der Waals surface area contributed by atoms with Crippen molar-refractivity contribution in [3.63, 3.8) is 0 Å². The van der Waals surface area contributed by atoms with Crippen molar-refractivity contribution < 1.29 is 9.53 Å². The van der Waals surface area contributed by atoms with Crippen LogP contribution in [-0.2, 0) is 16.1 Å². The first kappa shape index (κ1) is 18.4. The highest BCUT2D eigenvalue weighted by atomic mass is 16.5. The molecule has 0 radical (unpaired) electrons. The van der Waals surface area contributed by atoms with Gasteiger partial charge < -0.3 is 19.9 Å². The van der Waals surface area contributed by atoms with Gasteiger partial charge in [-0.2, -0.15) is 0 Å². The van der Waals surface area contributed by atoms with E-state index in [-0.39, 0.29) is 5.91 Å². The van der Waals surface area contributed by atoms with E-state index in [1.54, 1.807) is 6.92 Å². The lowest BCUT2D eigenvalue weighted by molar-refractivity contribution is -0.119. The van der Waals surface area contributed by atoms with Crippen molar-refractivity contribution in [2.75, 3.05) is 19.8 Å². The molecule has 150 valence electrons. The Labute approximate surface area is 171 Å². The molecule has 2 N–H and O–H groups in total. The van der Waals surface area contributed by atoms with Crippen LogP contribution in [0.25, 0.3) is 22.0 Å². The summed E-state index contributed by atoms with van der Waals surface area (Å²) in [5.41, 5.74) is 6.27. The Morgan fingerprint density at radius 2 is 2.03 bits per heavy atom. The third kappa shape index (κ3) is 3.80. The lowest BCUT2D eigenvalue weighted by atomic mass is 10.0. The van der Waals surface area contributed by atoms with Crippen molar-refractivity contribution in [3.8, 4) is 11.1 Å². The maximum Gasteiger partial charge on any atom is 0.217 e. The standard InChI is InChI=1S/C24H27N3O2/c1-16(28)25-13-17-5-6-21-22(18-3-2-4-19(12-18)23-14-26-23)15-27(24(21)11-17)20-7-9-29-10-8-20/h2-6,11-12,15,20,23,26H,7-10,13-14H2,1H3,(H,25,28). The number of carbonyl (C=O) groups excluding carboxylic acids is 1. The fourth-order valence-corrected chi connectivity index (χ4v) is 4.35. The smallest absolute Gasteiger partial charge is 0.217 e. The lowest BCUT2D eigenvalue weighted by Crippen LogP contribution is -2.20. The predicted octanol–water partition coefficient (Wildman–Crippen LogP) is 3.94. The Morgan fingerprint density at radius 3 is 2.79 bits per heavy atom. The molecule has 1 amide bonds. The van der Waals surface area contributed by atoms with Gasteiger partial charge in [-0.1, -0.05) is 30.3 Å². The summed E-state index contributed by atoms with van der Waals surface area (Å²) >= 11 is 0. The van der Waals surface area contributed by atoms with Crippen LogP contribution < -0.4 is 10.6 Å². The van der Waals surface area contributed by atoms with Crippen LogP contribution in [-0.4, -0.2) is 30.2 Å². The second-order valence-corrected chi connectivity index (χ2v) is 8.14. The Hall–Kier alpha value is -2.63. The van der Waals surface area contributed by atoms with Crippen molar-refractivity contribution in [3.05, 3.63) is 59.8 Å². The van der Waals surface area contributed by atoms with E-state index in [0.29, 0.717) is 18.6 Å². The molecular weight excluding hydrogens is 362 g/mol. The minimum Gasteiger partial charge on any atom is -0.381 e. The summed E-state index contributed by atoms with van der Waals surface area (Å²) in [4.78, 5) is 11.3. The van der Waals surface area contributed by atoms with E-state index in [9.17, 15) is 4.79 Å². The first-order chi connectivity index (χ1) is 14.2. The predicted molar refractivity (Wildman–Crippen MR) is 115 cm³/mol. The van der Waals surface area contributed by atoms with E-state index in [1.165, 1.54) is 27.6 Å². The number of nitrogens with one attached hydrogen (secondary N) is 2. The SMILES string of the molecule is CC(=O)NCc1ccc2c(-c3cccc(C4CN4)c3)cn(C3CCOCC3)c2c1. The molecule has 0 bridgehead atoms. The molecule has 1 aromatic heterocycles.